The summed E-state index contributed by atoms with van der Waals surface area (Å²) in [5, 5.41) is 6.89. The van der Waals surface area contributed by atoms with Gasteiger partial charge in [-0.3, -0.25) is 9.48 Å². The molecule has 1 aliphatic carbocycles. The van der Waals surface area contributed by atoms with Crippen molar-refractivity contribution in [2.24, 2.45) is 5.73 Å². The molecule has 27 heavy (non-hydrogen) atoms. The van der Waals surface area contributed by atoms with E-state index in [0.717, 1.165) is 25.7 Å². The third-order valence-electron chi connectivity index (χ3n) is 4.64. The van der Waals surface area contributed by atoms with E-state index in [1.165, 1.54) is 15.8 Å². The summed E-state index contributed by atoms with van der Waals surface area (Å²) in [5.41, 5.74) is 9.89. The highest BCUT2D eigenvalue weighted by Gasteiger charge is 2.19. The number of amides is 1. The Hall–Kier alpha value is -1.99. The lowest BCUT2D eigenvalue weighted by Crippen LogP contribution is -2.27. The Kier molecular flexibility index (Phi) is 7.33. The van der Waals surface area contributed by atoms with E-state index in [2.05, 4.69) is 10.4 Å². The lowest BCUT2D eigenvalue weighted by Gasteiger charge is -2.22. The number of fused-ring (bicyclic) bond motifs is 1. The monoisotopic (exact) mass is 398 g/mol. The summed E-state index contributed by atoms with van der Waals surface area (Å²) in [6.07, 6.45) is 1.57. The molecule has 0 aliphatic heterocycles. The number of alkyl halides is 2. The maximum Gasteiger partial charge on any atom is 0.276 e. The second-order valence-electron chi connectivity index (χ2n) is 6.78. The van der Waals surface area contributed by atoms with Crippen molar-refractivity contribution in [2.75, 3.05) is 5.32 Å². The molecule has 148 valence electrons. The molecule has 0 spiro atoms. The van der Waals surface area contributed by atoms with Crippen LogP contribution in [0.5, 0.6) is 0 Å². The lowest BCUT2D eigenvalue weighted by atomic mass is 9.88. The molecule has 2 aromatic rings. The molecular formula is C19H25ClF2N4O. The van der Waals surface area contributed by atoms with Crippen molar-refractivity contribution in [1.82, 2.24) is 9.78 Å². The van der Waals surface area contributed by atoms with Gasteiger partial charge in [0.2, 0.25) is 0 Å². The van der Waals surface area contributed by atoms with E-state index in [4.69, 9.17) is 5.73 Å². The standard InChI is InChI=1S/C19H24F2N4O.ClH/c1-2-3-16-10-17(24-25(16)11-18(20)21)19(26)23-15-7-5-12-8-14(22)6-4-13(12)9-15;/h5,7,9-10,14,18H,2-4,6,8,11,22H2,1H3,(H,23,26);1H/t14-;/m1./s1. The highest BCUT2D eigenvalue weighted by molar-refractivity contribution is 6.03. The zero-order valence-electron chi connectivity index (χ0n) is 15.3. The maximum absolute atomic E-state index is 12.7. The van der Waals surface area contributed by atoms with E-state index in [-0.39, 0.29) is 30.0 Å². The van der Waals surface area contributed by atoms with Crippen LogP contribution in [0.4, 0.5) is 14.5 Å². The summed E-state index contributed by atoms with van der Waals surface area (Å²) < 4.78 is 26.7. The zero-order valence-corrected chi connectivity index (χ0v) is 16.1. The summed E-state index contributed by atoms with van der Waals surface area (Å²) in [4.78, 5) is 12.5. The van der Waals surface area contributed by atoms with Crippen LogP contribution in [0.2, 0.25) is 0 Å². The van der Waals surface area contributed by atoms with Gasteiger partial charge in [0.05, 0.1) is 0 Å². The first-order valence-corrected chi connectivity index (χ1v) is 9.00. The minimum Gasteiger partial charge on any atom is -0.327 e. The predicted octanol–water partition coefficient (Wildman–Crippen LogP) is 3.59. The van der Waals surface area contributed by atoms with Crippen LogP contribution in [0, 0.1) is 0 Å². The Morgan fingerprint density at radius 2 is 2.15 bits per heavy atom. The number of rotatable bonds is 6. The summed E-state index contributed by atoms with van der Waals surface area (Å²) in [5.74, 6) is -0.386. The number of halogens is 3. The minimum atomic E-state index is -2.51. The molecule has 1 aliphatic rings. The van der Waals surface area contributed by atoms with Crippen molar-refractivity contribution < 1.29 is 13.6 Å². The zero-order chi connectivity index (χ0) is 18.7. The second kappa shape index (κ2) is 9.28. The number of benzene rings is 1. The number of carbonyl (C=O) groups is 1. The number of nitrogens with one attached hydrogen (secondary N) is 1. The van der Waals surface area contributed by atoms with E-state index < -0.39 is 13.0 Å². The highest BCUT2D eigenvalue weighted by atomic mass is 35.5. The number of nitrogens with zero attached hydrogens (tertiary/aromatic N) is 2. The van der Waals surface area contributed by atoms with Crippen molar-refractivity contribution in [3.05, 3.63) is 46.8 Å². The van der Waals surface area contributed by atoms with Crippen LogP contribution in [0.3, 0.4) is 0 Å². The first kappa shape index (κ1) is 21.3. The first-order chi connectivity index (χ1) is 12.5. The Bertz CT molecular complexity index is 794. The van der Waals surface area contributed by atoms with Crippen molar-refractivity contribution in [1.29, 1.82) is 0 Å². The molecule has 3 rings (SSSR count). The quantitative estimate of drug-likeness (QED) is 0.781. The third-order valence-corrected chi connectivity index (χ3v) is 4.64. The summed E-state index contributed by atoms with van der Waals surface area (Å²) in [6, 6.07) is 7.58. The molecule has 1 atom stereocenters. The molecule has 0 fully saturated rings. The first-order valence-electron chi connectivity index (χ1n) is 9.00. The van der Waals surface area contributed by atoms with Gasteiger partial charge >= 0.3 is 0 Å². The number of anilines is 1. The summed E-state index contributed by atoms with van der Waals surface area (Å²) in [6.45, 7) is 1.46. The van der Waals surface area contributed by atoms with Gasteiger partial charge in [-0.15, -0.1) is 12.4 Å². The third kappa shape index (κ3) is 5.26. The molecule has 3 N–H and O–H groups in total. The average molecular weight is 399 g/mol. The molecule has 1 heterocycles. The molecule has 0 radical (unpaired) electrons. The summed E-state index contributed by atoms with van der Waals surface area (Å²) >= 11 is 0. The average Bonchev–Trinajstić information content (AvgIpc) is 2.97. The topological polar surface area (TPSA) is 72.9 Å². The number of nitrogens with two attached hydrogens (primary N) is 1. The van der Waals surface area contributed by atoms with Gasteiger partial charge in [-0.1, -0.05) is 19.4 Å². The van der Waals surface area contributed by atoms with E-state index in [0.29, 0.717) is 17.8 Å². The normalized spacial score (nSPS) is 16.0. The molecule has 0 bridgehead atoms. The van der Waals surface area contributed by atoms with Gasteiger partial charge < -0.3 is 11.1 Å². The van der Waals surface area contributed by atoms with Gasteiger partial charge in [0.1, 0.15) is 6.54 Å². The molecule has 0 unspecified atom stereocenters. The van der Waals surface area contributed by atoms with Crippen molar-refractivity contribution in [2.45, 2.75) is 58.0 Å². The Labute approximate surface area is 163 Å². The Morgan fingerprint density at radius 1 is 1.37 bits per heavy atom. The molecule has 0 saturated carbocycles. The summed E-state index contributed by atoms with van der Waals surface area (Å²) in [7, 11) is 0. The van der Waals surface area contributed by atoms with Crippen molar-refractivity contribution in [3.63, 3.8) is 0 Å². The Morgan fingerprint density at radius 3 is 2.85 bits per heavy atom. The van der Waals surface area contributed by atoms with Gasteiger partial charge in [0.15, 0.2) is 5.69 Å². The van der Waals surface area contributed by atoms with Crippen LogP contribution in [-0.4, -0.2) is 28.2 Å². The van der Waals surface area contributed by atoms with Gasteiger partial charge in [-0.2, -0.15) is 5.10 Å². The molecule has 0 saturated heterocycles. The van der Waals surface area contributed by atoms with Crippen LogP contribution in [0.25, 0.3) is 0 Å². The number of hydrogen-bond acceptors (Lipinski definition) is 3. The predicted molar refractivity (Wildman–Crippen MR) is 104 cm³/mol. The number of aromatic nitrogens is 2. The fourth-order valence-corrected chi connectivity index (χ4v) is 3.37. The van der Waals surface area contributed by atoms with Gasteiger partial charge in [-0.05, 0) is 55.0 Å². The molecular weight excluding hydrogens is 374 g/mol. The number of aryl methyl sites for hydroxylation is 2. The van der Waals surface area contributed by atoms with Crippen LogP contribution in [0.1, 0.15) is 47.1 Å². The number of hydrogen-bond donors (Lipinski definition) is 2. The fraction of sp³-hybridized carbons (Fsp3) is 0.474. The van der Waals surface area contributed by atoms with Crippen LogP contribution in [0.15, 0.2) is 24.3 Å². The number of carbonyl (C=O) groups excluding carboxylic acids is 1. The molecule has 1 amide bonds. The Balaban J connectivity index is 0.00000261. The minimum absolute atomic E-state index is 0. The van der Waals surface area contributed by atoms with E-state index in [1.54, 1.807) is 6.07 Å². The fourth-order valence-electron chi connectivity index (χ4n) is 3.37. The van der Waals surface area contributed by atoms with Gasteiger partial charge in [-0.25, -0.2) is 8.78 Å². The highest BCUT2D eigenvalue weighted by Crippen LogP contribution is 2.24. The van der Waals surface area contributed by atoms with Crippen LogP contribution in [-0.2, 0) is 25.8 Å². The van der Waals surface area contributed by atoms with E-state index in [1.807, 2.05) is 25.1 Å². The van der Waals surface area contributed by atoms with Gasteiger partial charge in [0.25, 0.3) is 12.3 Å². The van der Waals surface area contributed by atoms with Crippen molar-refractivity contribution in [3.8, 4) is 0 Å². The van der Waals surface area contributed by atoms with E-state index >= 15 is 0 Å². The lowest BCUT2D eigenvalue weighted by molar-refractivity contribution is 0.101. The molecule has 5 nitrogen and oxygen atoms in total. The van der Waals surface area contributed by atoms with Gasteiger partial charge in [0, 0.05) is 17.4 Å². The smallest absolute Gasteiger partial charge is 0.276 e. The SMILES string of the molecule is CCCc1cc(C(=O)Nc2ccc3c(c2)CC[C@@H](N)C3)nn1CC(F)F.Cl. The molecule has 1 aromatic carbocycles. The van der Waals surface area contributed by atoms with Crippen molar-refractivity contribution >= 4 is 24.0 Å². The second-order valence-corrected chi connectivity index (χ2v) is 6.78. The molecule has 8 heteroatoms. The molecule has 1 aromatic heterocycles. The maximum atomic E-state index is 12.7. The van der Waals surface area contributed by atoms with Crippen LogP contribution < -0.4 is 11.1 Å². The van der Waals surface area contributed by atoms with E-state index in [9.17, 15) is 13.6 Å². The van der Waals surface area contributed by atoms with Crippen LogP contribution >= 0.6 is 12.4 Å². The largest absolute Gasteiger partial charge is 0.327 e.